The Kier molecular flexibility index (Phi) is 6.16. The summed E-state index contributed by atoms with van der Waals surface area (Å²) in [4.78, 5) is 0. The Bertz CT molecular complexity index is 2100. The third-order valence-electron chi connectivity index (χ3n) is 9.27. The maximum Gasteiger partial charge on any atom is 0.139 e. The normalized spacial score (nSPS) is 11.6. The van der Waals surface area contributed by atoms with Crippen molar-refractivity contribution in [3.05, 3.63) is 101 Å². The van der Waals surface area contributed by atoms with E-state index in [1.807, 2.05) is 0 Å². The molecule has 0 aromatic heterocycles. The molecule has 0 amide bonds. The van der Waals surface area contributed by atoms with E-state index in [0.717, 1.165) is 0 Å². The minimum absolute atomic E-state index is 1.26. The lowest BCUT2D eigenvalue weighted by molar-refractivity contribution is 1.69. The molecule has 0 unspecified atom stereocenters. The summed E-state index contributed by atoms with van der Waals surface area (Å²) in [5, 5.41) is 10.4. The van der Waals surface area contributed by atoms with Crippen molar-refractivity contribution in [2.75, 3.05) is 0 Å². The van der Waals surface area contributed by atoms with Gasteiger partial charge < -0.3 is 0 Å². The van der Waals surface area contributed by atoms with E-state index in [1.165, 1.54) is 96.2 Å². The molecule has 0 bridgehead atoms. The van der Waals surface area contributed by atoms with Crippen LogP contribution in [0.2, 0.25) is 0 Å². The lowest BCUT2D eigenvalue weighted by Gasteiger charge is -2.25. The third kappa shape index (κ3) is 3.72. The van der Waals surface area contributed by atoms with Gasteiger partial charge in [-0.1, -0.05) is 89.8 Å². The molecule has 0 aliphatic rings. The zero-order valence-corrected chi connectivity index (χ0v) is 25.8. The molecule has 7 aromatic rings. The lowest BCUT2D eigenvalue weighted by Crippen LogP contribution is -2.55. The van der Waals surface area contributed by atoms with Crippen molar-refractivity contribution in [2.45, 2.75) is 0 Å². The maximum absolute atomic E-state index is 2.44. The van der Waals surface area contributed by atoms with Crippen molar-refractivity contribution >= 4 is 132 Å². The van der Waals surface area contributed by atoms with Crippen LogP contribution in [0.3, 0.4) is 0 Å². The van der Waals surface area contributed by atoms with Crippen LogP contribution in [-0.4, -0.2) is 39.2 Å². The van der Waals surface area contributed by atoms with Crippen molar-refractivity contribution in [3.8, 4) is 22.3 Å². The van der Waals surface area contributed by atoms with Crippen LogP contribution in [0.5, 0.6) is 0 Å². The van der Waals surface area contributed by atoms with E-state index < -0.39 is 0 Å². The van der Waals surface area contributed by atoms with Gasteiger partial charge in [0.25, 0.3) is 0 Å². The molecule has 0 heterocycles. The Morgan fingerprint density at radius 3 is 1.43 bits per heavy atom. The third-order valence-corrected chi connectivity index (χ3v) is 9.94. The minimum atomic E-state index is 1.26. The Hall–Kier alpha value is -3.37. The van der Waals surface area contributed by atoms with Crippen LogP contribution in [0.15, 0.2) is 97.1 Å². The quantitative estimate of drug-likeness (QED) is 0.120. The standard InChI is InChI=1S/C34H26B5I/c35-30-29(31(36)33(38)34(39)32(30)37)28-23-11-5-3-9-21(23)27(22-10-4-6-12-24(22)28)26-15-17-7-1-2-8-19(17)25-16-18(40)13-14-20(25)26/h1-16H,35-39H2. The van der Waals surface area contributed by atoms with Gasteiger partial charge in [-0.25, -0.2) is 0 Å². The highest BCUT2D eigenvalue weighted by Crippen LogP contribution is 2.45. The maximum atomic E-state index is 2.44. The largest absolute Gasteiger partial charge is 0.139 e. The average Bonchev–Trinajstić information content (AvgIpc) is 2.98. The van der Waals surface area contributed by atoms with Crippen LogP contribution >= 0.6 is 22.6 Å². The fourth-order valence-corrected chi connectivity index (χ4v) is 7.34. The molecular weight excluding hydrogens is 589 g/mol. The highest BCUT2D eigenvalue weighted by Gasteiger charge is 2.22. The molecule has 0 nitrogen and oxygen atoms in total. The topological polar surface area (TPSA) is 0 Å². The monoisotopic (exact) mass is 616 g/mol. The Morgan fingerprint density at radius 2 is 0.850 bits per heavy atom. The average molecular weight is 616 g/mol. The second kappa shape index (κ2) is 9.63. The van der Waals surface area contributed by atoms with Crippen LogP contribution in [0, 0.1) is 3.57 Å². The Labute approximate surface area is 253 Å². The summed E-state index contributed by atoms with van der Waals surface area (Å²) in [6.07, 6.45) is 0. The van der Waals surface area contributed by atoms with Crippen molar-refractivity contribution < 1.29 is 0 Å². The number of halogens is 1. The molecule has 7 rings (SSSR count). The zero-order valence-electron chi connectivity index (χ0n) is 23.6. The molecule has 0 atom stereocenters. The summed E-state index contributed by atoms with van der Waals surface area (Å²) in [5.41, 5.74) is 12.3. The highest BCUT2D eigenvalue weighted by atomic mass is 127. The fraction of sp³-hybridized carbons (Fsp3) is 0. The van der Waals surface area contributed by atoms with E-state index >= 15 is 0 Å². The second-order valence-corrected chi connectivity index (χ2v) is 12.4. The first-order chi connectivity index (χ1) is 19.4. The zero-order chi connectivity index (χ0) is 27.7. The Balaban J connectivity index is 1.72. The highest BCUT2D eigenvalue weighted by molar-refractivity contribution is 14.1. The summed E-state index contributed by atoms with van der Waals surface area (Å²) in [5.74, 6) is 0. The number of hydrogen-bond donors (Lipinski definition) is 0. The van der Waals surface area contributed by atoms with Crippen molar-refractivity contribution in [1.82, 2.24) is 0 Å². The van der Waals surface area contributed by atoms with Crippen LogP contribution in [0.4, 0.5) is 0 Å². The van der Waals surface area contributed by atoms with E-state index in [0.29, 0.717) is 0 Å². The summed E-state index contributed by atoms with van der Waals surface area (Å²) >= 11 is 2.44. The van der Waals surface area contributed by atoms with E-state index in [2.05, 4.69) is 159 Å². The minimum Gasteiger partial charge on any atom is -0.102 e. The van der Waals surface area contributed by atoms with Gasteiger partial charge in [-0.15, -0.1) is 16.4 Å². The van der Waals surface area contributed by atoms with E-state index in [-0.39, 0.29) is 0 Å². The van der Waals surface area contributed by atoms with E-state index in [4.69, 9.17) is 0 Å². The van der Waals surface area contributed by atoms with Gasteiger partial charge in [0.15, 0.2) is 0 Å². The van der Waals surface area contributed by atoms with E-state index in [9.17, 15) is 0 Å². The molecule has 0 N–H and O–H groups in total. The van der Waals surface area contributed by atoms with Crippen LogP contribution in [-0.2, 0) is 0 Å². The molecule has 0 aliphatic carbocycles. The molecule has 7 aromatic carbocycles. The number of rotatable bonds is 2. The number of hydrogen-bond acceptors (Lipinski definition) is 0. The smallest absolute Gasteiger partial charge is 0.102 e. The van der Waals surface area contributed by atoms with Crippen molar-refractivity contribution in [1.29, 1.82) is 0 Å². The first-order valence-electron chi connectivity index (χ1n) is 14.0. The predicted molar refractivity (Wildman–Crippen MR) is 201 cm³/mol. The summed E-state index contributed by atoms with van der Waals surface area (Å²) in [6, 6.07) is 36.2. The molecule has 184 valence electrons. The Morgan fingerprint density at radius 1 is 0.375 bits per heavy atom. The van der Waals surface area contributed by atoms with Gasteiger partial charge in [0, 0.05) is 3.57 Å². The molecule has 0 spiro atoms. The van der Waals surface area contributed by atoms with Gasteiger partial charge in [-0.3, -0.25) is 0 Å². The molecule has 0 saturated heterocycles. The second-order valence-electron chi connectivity index (χ2n) is 11.2. The van der Waals surface area contributed by atoms with Gasteiger partial charge in [-0.2, -0.15) is 0 Å². The van der Waals surface area contributed by atoms with Gasteiger partial charge in [0.2, 0.25) is 0 Å². The van der Waals surface area contributed by atoms with E-state index in [1.54, 1.807) is 0 Å². The summed E-state index contributed by atoms with van der Waals surface area (Å²) in [7, 11) is 11.4. The number of fused-ring (bicyclic) bond motifs is 5. The van der Waals surface area contributed by atoms with Crippen molar-refractivity contribution in [3.63, 3.8) is 0 Å². The molecule has 6 heteroatoms. The first-order valence-corrected chi connectivity index (χ1v) is 15.1. The molecule has 0 radical (unpaired) electrons. The van der Waals surface area contributed by atoms with Gasteiger partial charge >= 0.3 is 0 Å². The lowest BCUT2D eigenvalue weighted by atomic mass is 9.59. The van der Waals surface area contributed by atoms with Crippen LogP contribution < -0.4 is 27.3 Å². The molecule has 0 saturated carbocycles. The summed E-state index contributed by atoms with van der Waals surface area (Å²) < 4.78 is 1.26. The number of benzene rings is 7. The molecular formula is C34H26B5I. The van der Waals surface area contributed by atoms with Crippen LogP contribution in [0.1, 0.15) is 0 Å². The predicted octanol–water partition coefficient (Wildman–Crippen LogP) is 1.53. The van der Waals surface area contributed by atoms with Crippen LogP contribution in [0.25, 0.3) is 65.3 Å². The first kappa shape index (κ1) is 25.6. The SMILES string of the molecule is Bc1c(B)c(B)c(-c2c3ccccc3c(-c3cc4ccccc4c4cc(I)ccc34)c3ccccc23)c(B)c1B. The van der Waals surface area contributed by atoms with Gasteiger partial charge in [0.1, 0.15) is 39.2 Å². The summed E-state index contributed by atoms with van der Waals surface area (Å²) in [6.45, 7) is 0. The fourth-order valence-electron chi connectivity index (χ4n) is 6.85. The molecule has 0 aliphatic heterocycles. The van der Waals surface area contributed by atoms with Gasteiger partial charge in [-0.05, 0) is 106 Å². The molecule has 40 heavy (non-hydrogen) atoms. The van der Waals surface area contributed by atoms with Gasteiger partial charge in [0.05, 0.1) is 0 Å². The van der Waals surface area contributed by atoms with Crippen molar-refractivity contribution in [2.24, 2.45) is 0 Å². The molecule has 0 fully saturated rings.